The van der Waals surface area contributed by atoms with Gasteiger partial charge in [0.15, 0.2) is 5.79 Å². The van der Waals surface area contributed by atoms with Crippen LogP contribution in [-0.2, 0) is 9.47 Å². The van der Waals surface area contributed by atoms with E-state index in [-0.39, 0.29) is 5.79 Å². The van der Waals surface area contributed by atoms with Crippen LogP contribution in [0, 0.1) is 5.92 Å². The van der Waals surface area contributed by atoms with E-state index in [1.54, 1.807) is 0 Å². The Bertz CT molecular complexity index is 162. The molecule has 2 rings (SSSR count). The van der Waals surface area contributed by atoms with Crippen molar-refractivity contribution < 1.29 is 14.6 Å². The lowest BCUT2D eigenvalue weighted by Gasteiger charge is -2.35. The molecule has 3 nitrogen and oxygen atoms in total. The average Bonchev–Trinajstić information content (AvgIpc) is 2.54. The molecule has 2 aliphatic rings. The first kappa shape index (κ1) is 9.44. The van der Waals surface area contributed by atoms with Crippen LogP contribution < -0.4 is 0 Å². The quantitative estimate of drug-likeness (QED) is 0.706. The molecule has 0 aromatic rings. The molecular formula is C10H18O3. The molecule has 3 heteroatoms. The van der Waals surface area contributed by atoms with Gasteiger partial charge in [-0.15, -0.1) is 0 Å². The summed E-state index contributed by atoms with van der Waals surface area (Å²) in [6, 6.07) is 0. The zero-order valence-electron chi connectivity index (χ0n) is 8.00. The highest BCUT2D eigenvalue weighted by atomic mass is 16.7. The van der Waals surface area contributed by atoms with Crippen LogP contribution in [0.4, 0.5) is 0 Å². The van der Waals surface area contributed by atoms with Gasteiger partial charge in [0.2, 0.25) is 0 Å². The molecule has 0 aromatic heterocycles. The molecule has 1 aliphatic carbocycles. The molecule has 0 radical (unpaired) electrons. The zero-order valence-corrected chi connectivity index (χ0v) is 8.00. The number of rotatable bonds is 2. The van der Waals surface area contributed by atoms with E-state index in [2.05, 4.69) is 0 Å². The molecule has 1 heterocycles. The summed E-state index contributed by atoms with van der Waals surface area (Å²) in [5.41, 5.74) is 0. The number of aliphatic hydroxyl groups excluding tert-OH is 1. The third-order valence-corrected chi connectivity index (χ3v) is 3.12. The van der Waals surface area contributed by atoms with Crippen LogP contribution in [-0.4, -0.2) is 30.7 Å². The van der Waals surface area contributed by atoms with Crippen molar-refractivity contribution in [2.45, 2.75) is 37.9 Å². The van der Waals surface area contributed by atoms with Crippen LogP contribution >= 0.6 is 0 Å². The molecule has 76 valence electrons. The van der Waals surface area contributed by atoms with E-state index in [4.69, 9.17) is 14.6 Å². The predicted molar refractivity (Wildman–Crippen MR) is 48.3 cm³/mol. The Balaban J connectivity index is 1.90. The third kappa shape index (κ3) is 2.03. The Morgan fingerprint density at radius 2 is 2.08 bits per heavy atom. The van der Waals surface area contributed by atoms with Crippen molar-refractivity contribution in [2.75, 3.05) is 19.8 Å². The number of ether oxygens (including phenoxy) is 2. The Morgan fingerprint density at radius 3 is 2.77 bits per heavy atom. The molecule has 0 amide bonds. The summed E-state index contributed by atoms with van der Waals surface area (Å²) >= 11 is 0. The topological polar surface area (TPSA) is 38.7 Å². The van der Waals surface area contributed by atoms with Crippen molar-refractivity contribution in [2.24, 2.45) is 5.92 Å². The maximum atomic E-state index is 8.87. The van der Waals surface area contributed by atoms with Gasteiger partial charge in [0.05, 0.1) is 13.2 Å². The van der Waals surface area contributed by atoms with Crippen LogP contribution in [0.15, 0.2) is 0 Å². The monoisotopic (exact) mass is 186 g/mol. The standard InChI is InChI=1S/C10H18O3/c11-5-3-9-2-1-4-10(8-9)12-6-7-13-10/h9,11H,1-8H2/t9-/m1/s1. The number of hydrogen-bond donors (Lipinski definition) is 1. The van der Waals surface area contributed by atoms with Crippen LogP contribution in [0.2, 0.25) is 0 Å². The van der Waals surface area contributed by atoms with Gasteiger partial charge >= 0.3 is 0 Å². The van der Waals surface area contributed by atoms with E-state index in [0.717, 1.165) is 32.5 Å². The molecule has 0 unspecified atom stereocenters. The minimum Gasteiger partial charge on any atom is -0.396 e. The molecule has 0 bridgehead atoms. The molecule has 1 saturated heterocycles. The molecule has 13 heavy (non-hydrogen) atoms. The van der Waals surface area contributed by atoms with Crippen molar-refractivity contribution in [3.05, 3.63) is 0 Å². The first-order chi connectivity index (χ1) is 6.35. The molecule has 2 fully saturated rings. The van der Waals surface area contributed by atoms with Gasteiger partial charge in [-0.2, -0.15) is 0 Å². The van der Waals surface area contributed by atoms with E-state index in [1.165, 1.54) is 12.8 Å². The summed E-state index contributed by atoms with van der Waals surface area (Å²) in [6.45, 7) is 1.78. The summed E-state index contributed by atoms with van der Waals surface area (Å²) in [4.78, 5) is 0. The van der Waals surface area contributed by atoms with Crippen LogP contribution in [0.25, 0.3) is 0 Å². The van der Waals surface area contributed by atoms with Gasteiger partial charge in [0, 0.05) is 19.4 Å². The van der Waals surface area contributed by atoms with Gasteiger partial charge < -0.3 is 14.6 Å². The van der Waals surface area contributed by atoms with Crippen molar-refractivity contribution in [1.82, 2.24) is 0 Å². The van der Waals surface area contributed by atoms with E-state index >= 15 is 0 Å². The lowest BCUT2D eigenvalue weighted by molar-refractivity contribution is -0.187. The Labute approximate surface area is 79.0 Å². The van der Waals surface area contributed by atoms with Gasteiger partial charge in [-0.1, -0.05) is 0 Å². The smallest absolute Gasteiger partial charge is 0.168 e. The van der Waals surface area contributed by atoms with Gasteiger partial charge in [0.1, 0.15) is 0 Å². The van der Waals surface area contributed by atoms with Gasteiger partial charge in [-0.3, -0.25) is 0 Å². The Morgan fingerprint density at radius 1 is 1.31 bits per heavy atom. The highest BCUT2D eigenvalue weighted by molar-refractivity contribution is 4.83. The second-order valence-electron chi connectivity index (χ2n) is 4.08. The molecule has 1 aliphatic heterocycles. The summed E-state index contributed by atoms with van der Waals surface area (Å²) in [6.07, 6.45) is 5.30. The van der Waals surface area contributed by atoms with E-state index in [1.807, 2.05) is 0 Å². The lowest BCUT2D eigenvalue weighted by Crippen LogP contribution is -2.36. The van der Waals surface area contributed by atoms with Crippen molar-refractivity contribution in [3.8, 4) is 0 Å². The zero-order chi connectivity index (χ0) is 9.15. The highest BCUT2D eigenvalue weighted by Gasteiger charge is 2.40. The summed E-state index contributed by atoms with van der Waals surface area (Å²) < 4.78 is 11.3. The van der Waals surface area contributed by atoms with E-state index in [9.17, 15) is 0 Å². The first-order valence-corrected chi connectivity index (χ1v) is 5.23. The van der Waals surface area contributed by atoms with Crippen molar-refractivity contribution in [1.29, 1.82) is 0 Å². The molecular weight excluding hydrogens is 168 g/mol. The molecule has 1 atom stereocenters. The first-order valence-electron chi connectivity index (χ1n) is 5.23. The number of aliphatic hydroxyl groups is 1. The maximum absolute atomic E-state index is 8.87. The second kappa shape index (κ2) is 3.95. The summed E-state index contributed by atoms with van der Waals surface area (Å²) in [7, 11) is 0. The maximum Gasteiger partial charge on any atom is 0.168 e. The Kier molecular flexibility index (Phi) is 2.86. The fraction of sp³-hybridized carbons (Fsp3) is 1.00. The normalized spacial score (nSPS) is 32.5. The van der Waals surface area contributed by atoms with Gasteiger partial charge in [-0.25, -0.2) is 0 Å². The van der Waals surface area contributed by atoms with E-state index < -0.39 is 0 Å². The van der Waals surface area contributed by atoms with Gasteiger partial charge in [-0.05, 0) is 25.2 Å². The Hall–Kier alpha value is -0.120. The summed E-state index contributed by atoms with van der Waals surface area (Å²) in [5, 5.41) is 8.87. The molecule has 1 N–H and O–H groups in total. The van der Waals surface area contributed by atoms with Crippen LogP contribution in [0.1, 0.15) is 32.1 Å². The minimum absolute atomic E-state index is 0.266. The summed E-state index contributed by atoms with van der Waals surface area (Å²) in [5.74, 6) is 0.329. The average molecular weight is 186 g/mol. The van der Waals surface area contributed by atoms with Crippen LogP contribution in [0.5, 0.6) is 0 Å². The van der Waals surface area contributed by atoms with Gasteiger partial charge in [0.25, 0.3) is 0 Å². The van der Waals surface area contributed by atoms with Crippen molar-refractivity contribution in [3.63, 3.8) is 0 Å². The fourth-order valence-corrected chi connectivity index (χ4v) is 2.49. The fourth-order valence-electron chi connectivity index (χ4n) is 2.49. The molecule has 1 spiro atoms. The van der Waals surface area contributed by atoms with E-state index in [0.29, 0.717) is 12.5 Å². The molecule has 1 saturated carbocycles. The number of hydrogen-bond acceptors (Lipinski definition) is 3. The highest BCUT2D eigenvalue weighted by Crippen LogP contribution is 2.39. The van der Waals surface area contributed by atoms with Crippen molar-refractivity contribution >= 4 is 0 Å². The lowest BCUT2D eigenvalue weighted by atomic mass is 9.83. The minimum atomic E-state index is -0.266. The molecule has 0 aromatic carbocycles. The second-order valence-corrected chi connectivity index (χ2v) is 4.08. The third-order valence-electron chi connectivity index (χ3n) is 3.12. The predicted octanol–water partition coefficient (Wildman–Crippen LogP) is 1.30. The largest absolute Gasteiger partial charge is 0.396 e. The SMILES string of the molecule is OCC[C@H]1CCCC2(C1)OCCO2. The van der Waals surface area contributed by atoms with Crippen LogP contribution in [0.3, 0.4) is 0 Å².